The lowest BCUT2D eigenvalue weighted by atomic mass is 9.62. The number of amides is 1. The molecule has 0 saturated carbocycles. The Hall–Kier alpha value is -2.81. The number of benzene rings is 2. The van der Waals surface area contributed by atoms with Crippen LogP contribution in [-0.2, 0) is 23.8 Å². The third-order valence-corrected chi connectivity index (χ3v) is 7.79. The van der Waals surface area contributed by atoms with Gasteiger partial charge in [0, 0.05) is 23.5 Å². The fourth-order valence-electron chi connectivity index (χ4n) is 5.50. The van der Waals surface area contributed by atoms with Crippen LogP contribution in [-0.4, -0.2) is 10.5 Å². The minimum absolute atomic E-state index is 0.126. The maximum Gasteiger partial charge on any atom is 0.250 e. The molecule has 33 heavy (non-hydrogen) atoms. The molecule has 0 fully saturated rings. The Kier molecular flexibility index (Phi) is 5.80. The summed E-state index contributed by atoms with van der Waals surface area (Å²) in [6.45, 7) is 16.5. The molecule has 1 aliphatic rings. The zero-order chi connectivity index (χ0) is 24.1. The van der Waals surface area contributed by atoms with Crippen molar-refractivity contribution in [3.05, 3.63) is 81.5 Å². The fourth-order valence-corrected chi connectivity index (χ4v) is 5.50. The Morgan fingerprint density at radius 2 is 1.61 bits per heavy atom. The number of carbonyl (C=O) groups excluding carboxylic acids is 1. The van der Waals surface area contributed by atoms with Gasteiger partial charge in [0.15, 0.2) is 0 Å². The third-order valence-electron chi connectivity index (χ3n) is 7.79. The molecular weight excluding hydrogens is 404 g/mol. The quantitative estimate of drug-likeness (QED) is 0.462. The number of hydrogen-bond acceptors (Lipinski definition) is 1. The van der Waals surface area contributed by atoms with Gasteiger partial charge in [0.25, 0.3) is 5.91 Å². The average Bonchev–Trinajstić information content (AvgIpc) is 3.07. The van der Waals surface area contributed by atoms with E-state index in [0.29, 0.717) is 12.1 Å². The highest BCUT2D eigenvalue weighted by Crippen LogP contribution is 2.48. The standard InChI is InChI=1S/C30H38N2O/c1-8-22-15-25-26(30(6,7)13-12-29(25,4)5)16-24(22)27-17-23(28(31)33)20(3)32(27)18-21-11-9-10-19(2)14-21/h9-11,14-17H,8,12-13,18H2,1-7H3,(H2,31,33). The number of hydrogen-bond donors (Lipinski definition) is 1. The highest BCUT2D eigenvalue weighted by atomic mass is 16.1. The van der Waals surface area contributed by atoms with E-state index in [4.69, 9.17) is 5.73 Å². The molecule has 2 aromatic carbocycles. The van der Waals surface area contributed by atoms with Crippen molar-refractivity contribution in [2.45, 2.75) is 85.1 Å². The van der Waals surface area contributed by atoms with E-state index in [-0.39, 0.29) is 16.7 Å². The van der Waals surface area contributed by atoms with E-state index in [9.17, 15) is 4.79 Å². The van der Waals surface area contributed by atoms with Crippen LogP contribution in [0.5, 0.6) is 0 Å². The Bertz CT molecular complexity index is 1230. The summed E-state index contributed by atoms with van der Waals surface area (Å²) in [7, 11) is 0. The molecule has 4 rings (SSSR count). The van der Waals surface area contributed by atoms with Crippen molar-refractivity contribution < 1.29 is 4.79 Å². The smallest absolute Gasteiger partial charge is 0.250 e. The molecule has 0 atom stereocenters. The van der Waals surface area contributed by atoms with Gasteiger partial charge in [-0.3, -0.25) is 4.79 Å². The SMILES string of the molecule is CCc1cc2c(cc1-c1cc(C(N)=O)c(C)n1Cc1cccc(C)c1)C(C)(C)CCC2(C)C. The average molecular weight is 443 g/mol. The van der Waals surface area contributed by atoms with Crippen LogP contribution in [0.1, 0.15) is 91.3 Å². The van der Waals surface area contributed by atoms with Crippen LogP contribution < -0.4 is 5.73 Å². The molecule has 1 aromatic heterocycles. The van der Waals surface area contributed by atoms with E-state index in [2.05, 4.69) is 82.5 Å². The Morgan fingerprint density at radius 3 is 2.18 bits per heavy atom. The number of nitrogens with zero attached hydrogens (tertiary/aromatic N) is 1. The van der Waals surface area contributed by atoms with Crippen LogP contribution in [0.2, 0.25) is 0 Å². The first-order valence-electron chi connectivity index (χ1n) is 12.2. The molecule has 1 amide bonds. The van der Waals surface area contributed by atoms with Gasteiger partial charge in [-0.1, -0.05) is 70.5 Å². The van der Waals surface area contributed by atoms with Crippen molar-refractivity contribution in [3.63, 3.8) is 0 Å². The number of primary amides is 1. The third kappa shape index (κ3) is 4.14. The second-order valence-electron chi connectivity index (χ2n) is 11.1. The highest BCUT2D eigenvalue weighted by Gasteiger charge is 2.38. The van der Waals surface area contributed by atoms with E-state index in [1.54, 1.807) is 0 Å². The second-order valence-corrected chi connectivity index (χ2v) is 11.1. The first-order chi connectivity index (χ1) is 15.4. The van der Waals surface area contributed by atoms with Gasteiger partial charge in [-0.05, 0) is 78.3 Å². The number of carbonyl (C=O) groups is 1. The maximum absolute atomic E-state index is 12.3. The summed E-state index contributed by atoms with van der Waals surface area (Å²) < 4.78 is 2.27. The van der Waals surface area contributed by atoms with Crippen LogP contribution >= 0.6 is 0 Å². The molecule has 0 spiro atoms. The summed E-state index contributed by atoms with van der Waals surface area (Å²) >= 11 is 0. The Labute approximate surface area is 199 Å². The minimum Gasteiger partial charge on any atom is -0.366 e. The van der Waals surface area contributed by atoms with Gasteiger partial charge in [0.1, 0.15) is 0 Å². The van der Waals surface area contributed by atoms with Gasteiger partial charge in [-0.25, -0.2) is 0 Å². The molecule has 1 heterocycles. The van der Waals surface area contributed by atoms with Crippen LogP contribution in [0.15, 0.2) is 42.5 Å². The zero-order valence-electron chi connectivity index (χ0n) is 21.3. The molecule has 3 aromatic rings. The first kappa shape index (κ1) is 23.4. The second kappa shape index (κ2) is 8.20. The van der Waals surface area contributed by atoms with E-state index in [0.717, 1.165) is 17.8 Å². The van der Waals surface area contributed by atoms with Crippen molar-refractivity contribution in [2.24, 2.45) is 5.73 Å². The summed E-state index contributed by atoms with van der Waals surface area (Å²) in [5, 5.41) is 0. The normalized spacial score (nSPS) is 16.5. The van der Waals surface area contributed by atoms with Crippen LogP contribution in [0, 0.1) is 13.8 Å². The van der Waals surface area contributed by atoms with Gasteiger partial charge in [-0.2, -0.15) is 0 Å². The van der Waals surface area contributed by atoms with Crippen LogP contribution in [0.4, 0.5) is 0 Å². The number of fused-ring (bicyclic) bond motifs is 1. The fraction of sp³-hybridized carbons (Fsp3) is 0.433. The van der Waals surface area contributed by atoms with Crippen LogP contribution in [0.25, 0.3) is 11.3 Å². The summed E-state index contributed by atoms with van der Waals surface area (Å²) in [6.07, 6.45) is 3.32. The first-order valence-corrected chi connectivity index (χ1v) is 12.2. The van der Waals surface area contributed by atoms with E-state index < -0.39 is 0 Å². The van der Waals surface area contributed by atoms with Gasteiger partial charge < -0.3 is 10.3 Å². The summed E-state index contributed by atoms with van der Waals surface area (Å²) in [5.41, 5.74) is 16.7. The molecule has 1 aliphatic carbocycles. The predicted molar refractivity (Wildman–Crippen MR) is 138 cm³/mol. The molecule has 2 N–H and O–H groups in total. The predicted octanol–water partition coefficient (Wildman–Crippen LogP) is 6.83. The largest absolute Gasteiger partial charge is 0.366 e. The van der Waals surface area contributed by atoms with Crippen molar-refractivity contribution in [3.8, 4) is 11.3 Å². The van der Waals surface area contributed by atoms with Crippen molar-refractivity contribution in [2.75, 3.05) is 0 Å². The van der Waals surface area contributed by atoms with Gasteiger partial charge in [0.05, 0.1) is 5.56 Å². The van der Waals surface area contributed by atoms with Gasteiger partial charge in [0.2, 0.25) is 0 Å². The summed E-state index contributed by atoms with van der Waals surface area (Å²) in [4.78, 5) is 12.3. The molecule has 0 aliphatic heterocycles. The number of aromatic nitrogens is 1. The number of aryl methyl sites for hydroxylation is 2. The molecule has 174 valence electrons. The summed E-state index contributed by atoms with van der Waals surface area (Å²) in [5.74, 6) is -0.366. The van der Waals surface area contributed by atoms with Crippen molar-refractivity contribution in [1.82, 2.24) is 4.57 Å². The van der Waals surface area contributed by atoms with Crippen LogP contribution in [0.3, 0.4) is 0 Å². The van der Waals surface area contributed by atoms with Gasteiger partial charge >= 0.3 is 0 Å². The molecule has 0 saturated heterocycles. The van der Waals surface area contributed by atoms with E-state index in [1.807, 2.05) is 13.0 Å². The van der Waals surface area contributed by atoms with Gasteiger partial charge in [-0.15, -0.1) is 0 Å². The molecule has 0 radical (unpaired) electrons. The van der Waals surface area contributed by atoms with Crippen molar-refractivity contribution in [1.29, 1.82) is 0 Å². The minimum atomic E-state index is -0.366. The lowest BCUT2D eigenvalue weighted by molar-refractivity contribution is 0.0999. The topological polar surface area (TPSA) is 48.0 Å². The monoisotopic (exact) mass is 442 g/mol. The maximum atomic E-state index is 12.3. The molecule has 3 nitrogen and oxygen atoms in total. The lowest BCUT2D eigenvalue weighted by Crippen LogP contribution is -2.34. The van der Waals surface area contributed by atoms with E-state index >= 15 is 0 Å². The number of nitrogens with two attached hydrogens (primary N) is 1. The summed E-state index contributed by atoms with van der Waals surface area (Å²) in [6, 6.07) is 15.4. The lowest BCUT2D eigenvalue weighted by Gasteiger charge is -2.42. The highest BCUT2D eigenvalue weighted by molar-refractivity contribution is 5.96. The molecule has 0 bridgehead atoms. The van der Waals surface area contributed by atoms with E-state index in [1.165, 1.54) is 46.2 Å². The Morgan fingerprint density at radius 1 is 0.970 bits per heavy atom. The van der Waals surface area contributed by atoms with Crippen molar-refractivity contribution >= 4 is 5.91 Å². The molecule has 0 unspecified atom stereocenters. The molecular formula is C30H38N2O. The zero-order valence-corrected chi connectivity index (χ0v) is 21.3. The Balaban J connectivity index is 1.97. The molecule has 3 heteroatoms. The number of rotatable bonds is 5.